The Morgan fingerprint density at radius 1 is 1.14 bits per heavy atom. The van der Waals surface area contributed by atoms with E-state index in [4.69, 9.17) is 14.2 Å². The number of methoxy groups -OCH3 is 1. The zero-order chi connectivity index (χ0) is 19.6. The average molecular weight is 384 g/mol. The number of aryl methyl sites for hydroxylation is 1. The molecular formula is C20H24N4O4. The summed E-state index contributed by atoms with van der Waals surface area (Å²) in [5, 5.41) is 3.28. The van der Waals surface area contributed by atoms with Gasteiger partial charge in [-0.25, -0.2) is 9.78 Å². The van der Waals surface area contributed by atoms with Crippen LogP contribution in [0.15, 0.2) is 30.3 Å². The lowest BCUT2D eigenvalue weighted by molar-refractivity contribution is -0.169. The third-order valence-electron chi connectivity index (χ3n) is 5.04. The molecule has 0 bridgehead atoms. The van der Waals surface area contributed by atoms with Crippen molar-refractivity contribution >= 4 is 23.4 Å². The van der Waals surface area contributed by atoms with Crippen LogP contribution in [0.5, 0.6) is 0 Å². The summed E-state index contributed by atoms with van der Waals surface area (Å²) in [6.07, 6.45) is 1.62. The van der Waals surface area contributed by atoms with Gasteiger partial charge in [-0.1, -0.05) is 0 Å². The van der Waals surface area contributed by atoms with Crippen LogP contribution in [-0.4, -0.2) is 55.1 Å². The van der Waals surface area contributed by atoms with Gasteiger partial charge in [0.15, 0.2) is 5.79 Å². The number of benzene rings is 1. The molecule has 4 rings (SSSR count). The quantitative estimate of drug-likeness (QED) is 0.806. The fourth-order valence-corrected chi connectivity index (χ4v) is 3.55. The van der Waals surface area contributed by atoms with Crippen molar-refractivity contribution in [3.8, 4) is 0 Å². The van der Waals surface area contributed by atoms with Crippen LogP contribution in [-0.2, 0) is 14.2 Å². The highest BCUT2D eigenvalue weighted by molar-refractivity contribution is 5.89. The number of hydrogen-bond donors (Lipinski definition) is 1. The Morgan fingerprint density at radius 2 is 1.82 bits per heavy atom. The van der Waals surface area contributed by atoms with Gasteiger partial charge in [-0.15, -0.1) is 0 Å². The van der Waals surface area contributed by atoms with Crippen molar-refractivity contribution in [2.45, 2.75) is 25.6 Å². The van der Waals surface area contributed by atoms with E-state index in [9.17, 15) is 4.79 Å². The summed E-state index contributed by atoms with van der Waals surface area (Å²) in [5.41, 5.74) is 2.22. The lowest BCUT2D eigenvalue weighted by Gasteiger charge is -2.37. The Labute approximate surface area is 163 Å². The van der Waals surface area contributed by atoms with E-state index in [0.29, 0.717) is 30.5 Å². The fourth-order valence-electron chi connectivity index (χ4n) is 3.55. The second-order valence-corrected chi connectivity index (χ2v) is 6.98. The van der Waals surface area contributed by atoms with Gasteiger partial charge >= 0.3 is 5.97 Å². The minimum Gasteiger partial charge on any atom is -0.465 e. The molecule has 2 aliphatic heterocycles. The number of anilines is 3. The summed E-state index contributed by atoms with van der Waals surface area (Å²) in [6.45, 7) is 4.87. The van der Waals surface area contributed by atoms with E-state index < -0.39 is 5.79 Å². The minimum absolute atomic E-state index is 0.357. The second kappa shape index (κ2) is 7.73. The molecule has 0 aliphatic carbocycles. The molecule has 28 heavy (non-hydrogen) atoms. The van der Waals surface area contributed by atoms with Gasteiger partial charge in [-0.3, -0.25) is 0 Å². The van der Waals surface area contributed by atoms with Crippen LogP contribution in [0.1, 0.15) is 28.9 Å². The number of rotatable bonds is 4. The van der Waals surface area contributed by atoms with Crippen molar-refractivity contribution in [3.63, 3.8) is 0 Å². The van der Waals surface area contributed by atoms with E-state index in [2.05, 4.69) is 20.2 Å². The van der Waals surface area contributed by atoms with Crippen molar-refractivity contribution in [2.24, 2.45) is 0 Å². The van der Waals surface area contributed by atoms with E-state index in [0.717, 1.165) is 37.3 Å². The van der Waals surface area contributed by atoms with Gasteiger partial charge in [0, 0.05) is 43.4 Å². The van der Waals surface area contributed by atoms with Crippen LogP contribution in [0.3, 0.4) is 0 Å². The number of nitrogens with zero attached hydrogens (tertiary/aromatic N) is 3. The molecule has 1 N–H and O–H groups in total. The Balaban J connectivity index is 1.46. The highest BCUT2D eigenvalue weighted by Gasteiger charge is 2.40. The predicted molar refractivity (Wildman–Crippen MR) is 104 cm³/mol. The van der Waals surface area contributed by atoms with Crippen molar-refractivity contribution in [1.82, 2.24) is 9.97 Å². The Morgan fingerprint density at radius 3 is 2.46 bits per heavy atom. The normalized spacial score (nSPS) is 18.3. The Hall–Kier alpha value is -2.71. The molecular weight excluding hydrogens is 360 g/mol. The summed E-state index contributed by atoms with van der Waals surface area (Å²) in [7, 11) is 1.37. The molecule has 2 aromatic rings. The molecule has 3 heterocycles. The van der Waals surface area contributed by atoms with Crippen LogP contribution in [0.4, 0.5) is 17.5 Å². The lowest BCUT2D eigenvalue weighted by Crippen LogP contribution is -2.45. The maximum absolute atomic E-state index is 11.6. The van der Waals surface area contributed by atoms with E-state index in [-0.39, 0.29) is 5.97 Å². The third kappa shape index (κ3) is 3.93. The van der Waals surface area contributed by atoms with Gasteiger partial charge in [0.05, 0.1) is 25.9 Å². The maximum atomic E-state index is 11.6. The molecule has 148 valence electrons. The molecule has 0 atom stereocenters. The molecule has 0 radical (unpaired) electrons. The van der Waals surface area contributed by atoms with E-state index in [1.165, 1.54) is 7.11 Å². The van der Waals surface area contributed by atoms with Crippen molar-refractivity contribution < 1.29 is 19.0 Å². The molecule has 1 spiro atoms. The van der Waals surface area contributed by atoms with Crippen LogP contribution < -0.4 is 10.2 Å². The number of nitrogens with one attached hydrogen (secondary N) is 1. The summed E-state index contributed by atoms with van der Waals surface area (Å²) in [5.74, 6) is 0.635. The molecule has 2 saturated heterocycles. The van der Waals surface area contributed by atoms with Gasteiger partial charge in [0.1, 0.15) is 5.82 Å². The number of piperidine rings is 1. The van der Waals surface area contributed by atoms with Crippen LogP contribution >= 0.6 is 0 Å². The molecule has 2 aliphatic rings. The van der Waals surface area contributed by atoms with E-state index in [1.807, 2.05) is 25.1 Å². The molecule has 1 aromatic heterocycles. The summed E-state index contributed by atoms with van der Waals surface area (Å²) in [6, 6.07) is 8.97. The van der Waals surface area contributed by atoms with Crippen LogP contribution in [0.2, 0.25) is 0 Å². The van der Waals surface area contributed by atoms with E-state index >= 15 is 0 Å². The van der Waals surface area contributed by atoms with Gasteiger partial charge in [0.25, 0.3) is 0 Å². The first-order valence-electron chi connectivity index (χ1n) is 9.41. The fraction of sp³-hybridized carbons (Fsp3) is 0.450. The first-order valence-corrected chi connectivity index (χ1v) is 9.41. The highest BCUT2D eigenvalue weighted by Crippen LogP contribution is 2.32. The first-order chi connectivity index (χ1) is 13.6. The number of carbonyl (C=O) groups excluding carboxylic acids is 1. The largest absolute Gasteiger partial charge is 0.465 e. The number of hydrogen-bond acceptors (Lipinski definition) is 8. The number of ether oxygens (including phenoxy) is 3. The smallest absolute Gasteiger partial charge is 0.337 e. The molecule has 0 saturated carbocycles. The summed E-state index contributed by atoms with van der Waals surface area (Å²) < 4.78 is 16.3. The maximum Gasteiger partial charge on any atom is 0.337 e. The van der Waals surface area contributed by atoms with Crippen LogP contribution in [0, 0.1) is 6.92 Å². The predicted octanol–water partition coefficient (Wildman–Crippen LogP) is 2.66. The Bertz CT molecular complexity index is 840. The molecule has 8 heteroatoms. The number of aromatic nitrogens is 2. The monoisotopic (exact) mass is 384 g/mol. The summed E-state index contributed by atoms with van der Waals surface area (Å²) >= 11 is 0. The lowest BCUT2D eigenvalue weighted by atomic mass is 10.0. The van der Waals surface area contributed by atoms with Gasteiger partial charge in [-0.05, 0) is 31.2 Å². The first kappa shape index (κ1) is 18.6. The zero-order valence-electron chi connectivity index (χ0n) is 16.1. The SMILES string of the molecule is COC(=O)c1ccc(Nc2cc(C)nc(N3CCC4(CC3)OCCO4)n2)cc1. The molecule has 0 unspecified atom stereocenters. The van der Waals surface area contributed by atoms with Gasteiger partial charge in [-0.2, -0.15) is 4.98 Å². The van der Waals surface area contributed by atoms with Gasteiger partial charge < -0.3 is 24.4 Å². The highest BCUT2D eigenvalue weighted by atomic mass is 16.7. The zero-order valence-corrected chi connectivity index (χ0v) is 16.1. The van der Waals surface area contributed by atoms with Gasteiger partial charge in [0.2, 0.25) is 5.95 Å². The second-order valence-electron chi connectivity index (χ2n) is 6.98. The average Bonchev–Trinajstić information content (AvgIpc) is 3.16. The third-order valence-corrected chi connectivity index (χ3v) is 5.04. The molecule has 1 aromatic carbocycles. The minimum atomic E-state index is -0.414. The van der Waals surface area contributed by atoms with Crippen LogP contribution in [0.25, 0.3) is 0 Å². The molecule has 0 amide bonds. The molecule has 8 nitrogen and oxygen atoms in total. The molecule has 2 fully saturated rings. The number of esters is 1. The standard InChI is InChI=1S/C20H24N4O4/c1-14-13-17(22-16-5-3-15(4-6-16)18(25)26-2)23-19(21-14)24-9-7-20(8-10-24)27-11-12-28-20/h3-6,13H,7-12H2,1-2H3,(H,21,22,23). The van der Waals surface area contributed by atoms with Crippen molar-refractivity contribution in [1.29, 1.82) is 0 Å². The summed E-state index contributed by atoms with van der Waals surface area (Å²) in [4.78, 5) is 23.0. The Kier molecular flexibility index (Phi) is 5.15. The number of carbonyl (C=O) groups is 1. The van der Waals surface area contributed by atoms with E-state index in [1.54, 1.807) is 12.1 Å². The topological polar surface area (TPSA) is 85.8 Å². The van der Waals surface area contributed by atoms with Crippen molar-refractivity contribution in [3.05, 3.63) is 41.6 Å². The van der Waals surface area contributed by atoms with Crippen molar-refractivity contribution in [2.75, 3.05) is 43.6 Å².